The largest absolute Gasteiger partial charge is 0.417 e. The van der Waals surface area contributed by atoms with Crippen LogP contribution in [0.1, 0.15) is 100 Å². The highest BCUT2D eigenvalue weighted by Gasteiger charge is 2.45. The Morgan fingerprint density at radius 2 is 1.53 bits per heavy atom. The van der Waals surface area contributed by atoms with Gasteiger partial charge in [0, 0.05) is 126 Å². The molecule has 6 N–H and O–H groups in total. The van der Waals surface area contributed by atoms with Crippen molar-refractivity contribution in [2.45, 2.75) is 123 Å². The molecule has 0 radical (unpaired) electrons. The average Bonchev–Trinajstić information content (AvgIpc) is 4.18. The fraction of sp³-hybridized carbons (Fsp3) is 0.483. The number of alkyl halides is 3. The Morgan fingerprint density at radius 1 is 0.835 bits per heavy atom. The number of likely N-dealkylation sites (N-methyl/N-ethyl adjacent to an activating group) is 1. The van der Waals surface area contributed by atoms with Gasteiger partial charge in [-0.15, -0.1) is 11.3 Å². The molecule has 3 aromatic heterocycles. The van der Waals surface area contributed by atoms with E-state index in [0.29, 0.717) is 75.8 Å². The van der Waals surface area contributed by atoms with Crippen LogP contribution in [0.4, 0.5) is 34.8 Å². The van der Waals surface area contributed by atoms with Crippen molar-refractivity contribution < 1.29 is 51.4 Å². The van der Waals surface area contributed by atoms with Gasteiger partial charge in [0.15, 0.2) is 0 Å². The zero-order valence-corrected chi connectivity index (χ0v) is 49.6. The maximum Gasteiger partial charge on any atom is 0.417 e. The molecule has 8 rings (SSSR count). The van der Waals surface area contributed by atoms with Gasteiger partial charge >= 0.3 is 6.18 Å². The number of thiazole rings is 1. The maximum atomic E-state index is 16.2. The minimum atomic E-state index is -5.01. The number of aromatic amines is 1. The minimum absolute atomic E-state index is 0.0178. The number of unbranched alkanes of at least 4 members (excludes halogenated alkanes) is 1. The number of amides is 6. The number of benzene rings is 2. The number of aliphatic hydroxyl groups excluding tert-OH is 1. The fourth-order valence-electron chi connectivity index (χ4n) is 10.9. The van der Waals surface area contributed by atoms with Crippen molar-refractivity contribution in [3.63, 3.8) is 0 Å². The number of aromatic nitrogens is 3. The Hall–Kier alpha value is -7.77. The molecule has 1 unspecified atom stereocenters. The third kappa shape index (κ3) is 15.8. The second-order valence-corrected chi connectivity index (χ2v) is 24.1. The van der Waals surface area contributed by atoms with E-state index in [-0.39, 0.29) is 92.1 Å². The van der Waals surface area contributed by atoms with Crippen LogP contribution in [0.15, 0.2) is 77.3 Å². The molecule has 2 aromatic carbocycles. The van der Waals surface area contributed by atoms with Crippen molar-refractivity contribution in [2.75, 3.05) is 74.5 Å². The Bertz CT molecular complexity index is 3280. The van der Waals surface area contributed by atoms with Crippen LogP contribution in [0.2, 0.25) is 0 Å². The minimum Gasteiger partial charge on any atom is -0.391 e. The van der Waals surface area contributed by atoms with Crippen LogP contribution in [0, 0.1) is 18.2 Å². The van der Waals surface area contributed by atoms with E-state index in [1.807, 2.05) is 82.7 Å². The van der Waals surface area contributed by atoms with E-state index in [1.165, 1.54) is 23.2 Å². The number of pyridine rings is 2. The number of nitrogens with one attached hydrogen (secondary N) is 5. The van der Waals surface area contributed by atoms with Gasteiger partial charge in [0.05, 0.1) is 44.7 Å². The van der Waals surface area contributed by atoms with Crippen LogP contribution in [0.3, 0.4) is 0 Å². The number of piperazine rings is 2. The summed E-state index contributed by atoms with van der Waals surface area (Å²) in [6.07, 6.45) is -2.84. The summed E-state index contributed by atoms with van der Waals surface area (Å²) >= 11 is 1.55. The van der Waals surface area contributed by atoms with E-state index >= 15 is 4.39 Å². The molecule has 3 aliphatic heterocycles. The Kier molecular flexibility index (Phi) is 20.1. The third-order valence-electron chi connectivity index (χ3n) is 16.0. The van der Waals surface area contributed by atoms with E-state index in [2.05, 4.69) is 41.1 Å². The molecular weight excluding hydrogens is 1120 g/mol. The van der Waals surface area contributed by atoms with Gasteiger partial charge in [0.25, 0.3) is 5.91 Å². The molecule has 5 aromatic rings. The predicted molar refractivity (Wildman–Crippen MR) is 315 cm³/mol. The van der Waals surface area contributed by atoms with Crippen molar-refractivity contribution in [2.24, 2.45) is 5.41 Å². The number of aryl methyl sites for hydroxylation is 1. The predicted octanol–water partition coefficient (Wildman–Crippen LogP) is 6.33. The topological polar surface area (TPSA) is 246 Å². The van der Waals surface area contributed by atoms with Gasteiger partial charge in [0.2, 0.25) is 35.1 Å². The Labute approximate surface area is 494 Å². The molecule has 5 atom stereocenters. The molecule has 0 saturated carbocycles. The SMILES string of the molecule is Cc1ncsc1-c1ccc(CNC(=O)[C@@H]2C[C@@H](O)CN2C(=O)C(NC(=O)CCCCNC(=O)CCC(=O)N2CCN(c3ccc(-c4cc(NC(=O)c5c[nH]c(=O)cc5C(F)(F)F)c(N5C[C@@H](C)N(C)[C@@H](C)C5)cc4F)cn3)CC2)C(C)(C)C)cc1. The first-order chi connectivity index (χ1) is 40.2. The van der Waals surface area contributed by atoms with E-state index < -0.39 is 70.0 Å². The van der Waals surface area contributed by atoms with Gasteiger partial charge in [-0.25, -0.2) is 14.4 Å². The van der Waals surface area contributed by atoms with Crippen LogP contribution in [-0.2, 0) is 36.7 Å². The molecular formula is C60H74F4N12O8S. The summed E-state index contributed by atoms with van der Waals surface area (Å²) in [5.74, 6) is -3.02. The summed E-state index contributed by atoms with van der Waals surface area (Å²) < 4.78 is 58.2. The zero-order valence-electron chi connectivity index (χ0n) is 48.8. The summed E-state index contributed by atoms with van der Waals surface area (Å²) in [7, 11) is 1.96. The number of nitrogens with zero attached hydrogens (tertiary/aromatic N) is 7. The highest BCUT2D eigenvalue weighted by molar-refractivity contribution is 7.13. The van der Waals surface area contributed by atoms with Crippen molar-refractivity contribution >= 4 is 64.0 Å². The number of H-pyrrole nitrogens is 1. The normalized spacial score (nSPS) is 18.9. The van der Waals surface area contributed by atoms with Gasteiger partial charge in [-0.2, -0.15) is 13.2 Å². The van der Waals surface area contributed by atoms with Crippen molar-refractivity contribution in [3.8, 4) is 21.6 Å². The van der Waals surface area contributed by atoms with Crippen LogP contribution in [0.5, 0.6) is 0 Å². The first-order valence-corrected chi connectivity index (χ1v) is 29.4. The average molecular weight is 1200 g/mol. The van der Waals surface area contributed by atoms with E-state index in [4.69, 9.17) is 0 Å². The molecule has 0 spiro atoms. The third-order valence-corrected chi connectivity index (χ3v) is 16.9. The zero-order chi connectivity index (χ0) is 61.5. The van der Waals surface area contributed by atoms with Crippen LogP contribution in [0.25, 0.3) is 21.6 Å². The summed E-state index contributed by atoms with van der Waals surface area (Å²) in [4.78, 5) is 113. The Balaban J connectivity index is 0.771. The monoisotopic (exact) mass is 1200 g/mol. The number of hydrogen-bond acceptors (Lipinski definition) is 14. The number of aliphatic hydroxyl groups is 1. The van der Waals surface area contributed by atoms with E-state index in [0.717, 1.165) is 21.7 Å². The van der Waals surface area contributed by atoms with Crippen molar-refractivity contribution in [1.29, 1.82) is 0 Å². The number of likely N-dealkylation sites (tertiary alicyclic amines) is 1. The summed E-state index contributed by atoms with van der Waals surface area (Å²) in [5, 5.41) is 21.8. The quantitative estimate of drug-likeness (QED) is 0.0392. The standard InChI is InChI=1S/C60H74F4N12O8S/c1-35-31-75(32-36(2)72(35)7)47-27-45(61)42(25-46(47)70-56(82)43-30-67-52(80)26-44(43)60(62,63)64)40-15-16-49(66-29-40)73-20-22-74(23-21-73)53(81)18-17-50(78)65-19-9-8-10-51(79)71-55(59(4,5)6)58(84)76-33-41(77)24-48(76)57(83)68-28-38-11-13-39(14-12-38)54-37(3)69-34-85-54/h11-16,25-27,29-30,34-36,41,48,55,77H,8-10,17-24,28,31-33H2,1-7H3,(H,65,78)(H,67,80)(H,68,83)(H,70,82)(H,71,79)/t35-,36+,41-,48+,55?/m1/s1. The lowest BCUT2D eigenvalue weighted by molar-refractivity contribution is -0.144. The van der Waals surface area contributed by atoms with Crippen LogP contribution in [-0.4, -0.2) is 160 Å². The first kappa shape index (κ1) is 63.3. The van der Waals surface area contributed by atoms with Gasteiger partial charge < -0.3 is 51.0 Å². The molecule has 6 amide bonds. The molecule has 3 saturated heterocycles. The summed E-state index contributed by atoms with van der Waals surface area (Å²) in [5.41, 5.74) is 1.32. The molecule has 25 heteroatoms. The Morgan fingerprint density at radius 3 is 2.16 bits per heavy atom. The number of halogens is 4. The number of rotatable bonds is 19. The van der Waals surface area contributed by atoms with Gasteiger partial charge in [-0.05, 0) is 81.5 Å². The summed E-state index contributed by atoms with van der Waals surface area (Å²) in [6.45, 7) is 14.2. The molecule has 6 heterocycles. The molecule has 20 nitrogen and oxygen atoms in total. The number of anilines is 3. The van der Waals surface area contributed by atoms with Gasteiger partial charge in [0.1, 0.15) is 23.7 Å². The first-order valence-electron chi connectivity index (χ1n) is 28.5. The van der Waals surface area contributed by atoms with Crippen molar-refractivity contribution in [1.82, 2.24) is 45.6 Å². The lowest BCUT2D eigenvalue weighted by Crippen LogP contribution is -2.57. The number of hydrogen-bond donors (Lipinski definition) is 6. The molecule has 3 aliphatic rings. The van der Waals surface area contributed by atoms with Gasteiger partial charge in [-0.3, -0.25) is 38.5 Å². The number of β-amino-alcohol motifs (C(OH)–C–C–N with tert-alkyl or cyclic N) is 1. The fourth-order valence-corrected chi connectivity index (χ4v) is 11.7. The highest BCUT2D eigenvalue weighted by Crippen LogP contribution is 2.38. The molecule has 0 aliphatic carbocycles. The summed E-state index contributed by atoms with van der Waals surface area (Å²) in [6, 6.07) is 12.2. The second-order valence-electron chi connectivity index (χ2n) is 23.2. The smallest absolute Gasteiger partial charge is 0.391 e. The highest BCUT2D eigenvalue weighted by atomic mass is 32.1. The maximum absolute atomic E-state index is 16.2. The molecule has 456 valence electrons. The van der Waals surface area contributed by atoms with E-state index in [9.17, 15) is 51.8 Å². The number of carbonyl (C=O) groups is 6. The van der Waals surface area contributed by atoms with Crippen LogP contribution < -0.4 is 36.6 Å². The molecule has 3 fully saturated rings. The number of carbonyl (C=O) groups excluding carboxylic acids is 6. The second kappa shape index (κ2) is 27.1. The van der Waals surface area contributed by atoms with Gasteiger partial charge in [-0.1, -0.05) is 45.0 Å². The van der Waals surface area contributed by atoms with Crippen LogP contribution >= 0.6 is 11.3 Å². The van der Waals surface area contributed by atoms with E-state index in [1.54, 1.807) is 33.9 Å². The molecule has 85 heavy (non-hydrogen) atoms. The lowest BCUT2D eigenvalue weighted by Gasteiger charge is -2.44. The lowest BCUT2D eigenvalue weighted by atomic mass is 9.85. The van der Waals surface area contributed by atoms with Crippen molar-refractivity contribution in [3.05, 3.63) is 111 Å². The molecule has 0 bridgehead atoms.